The lowest BCUT2D eigenvalue weighted by atomic mass is 10.1. The van der Waals surface area contributed by atoms with E-state index in [0.29, 0.717) is 25.3 Å². The van der Waals surface area contributed by atoms with Gasteiger partial charge in [0, 0.05) is 31.3 Å². The van der Waals surface area contributed by atoms with Crippen LogP contribution >= 0.6 is 0 Å². The number of methoxy groups -OCH3 is 1. The molecular weight excluding hydrogens is 234 g/mol. The number of carboxylic acids is 1. The van der Waals surface area contributed by atoms with Gasteiger partial charge in [0.05, 0.1) is 6.61 Å². The smallest absolute Gasteiger partial charge is 0.331 e. The van der Waals surface area contributed by atoms with E-state index in [9.17, 15) is 9.59 Å². The average Bonchev–Trinajstić information content (AvgIpc) is 2.37. The third kappa shape index (κ3) is 3.43. The number of hydrogen-bond acceptors (Lipinski definition) is 3. The minimum atomic E-state index is -1.05. The molecule has 1 amide bonds. The van der Waals surface area contributed by atoms with E-state index in [1.165, 1.54) is 12.5 Å². The maximum Gasteiger partial charge on any atom is 0.331 e. The topological polar surface area (TPSA) is 66.8 Å². The second kappa shape index (κ2) is 6.35. The molecule has 0 bridgehead atoms. The number of ether oxygens (including phenoxy) is 1. The molecule has 0 saturated carbocycles. The van der Waals surface area contributed by atoms with Crippen molar-refractivity contribution in [1.82, 2.24) is 4.90 Å². The molecule has 1 aliphatic heterocycles. The Morgan fingerprint density at radius 3 is 2.50 bits per heavy atom. The summed E-state index contributed by atoms with van der Waals surface area (Å²) in [7, 11) is 1.64. The van der Waals surface area contributed by atoms with Gasteiger partial charge in [0.15, 0.2) is 0 Å². The zero-order valence-corrected chi connectivity index (χ0v) is 11.0. The highest BCUT2D eigenvalue weighted by atomic mass is 16.5. The number of amides is 1. The normalized spacial score (nSPS) is 17.1. The first-order valence-corrected chi connectivity index (χ1v) is 5.84. The summed E-state index contributed by atoms with van der Waals surface area (Å²) in [5.41, 5.74) is 1.58. The van der Waals surface area contributed by atoms with Crippen LogP contribution in [0.5, 0.6) is 0 Å². The van der Waals surface area contributed by atoms with Crippen molar-refractivity contribution >= 4 is 11.9 Å². The molecule has 0 aromatic heterocycles. The largest absolute Gasteiger partial charge is 0.478 e. The zero-order valence-electron chi connectivity index (χ0n) is 11.0. The molecule has 0 saturated heterocycles. The third-order valence-electron chi connectivity index (χ3n) is 3.12. The third-order valence-corrected chi connectivity index (χ3v) is 3.12. The molecule has 0 aromatic carbocycles. The first-order valence-electron chi connectivity index (χ1n) is 5.84. The summed E-state index contributed by atoms with van der Waals surface area (Å²) in [5, 5.41) is 8.85. The van der Waals surface area contributed by atoms with Gasteiger partial charge in [-0.25, -0.2) is 4.79 Å². The number of aliphatic carboxylic acids is 1. The van der Waals surface area contributed by atoms with Crippen molar-refractivity contribution in [2.45, 2.75) is 20.3 Å². The van der Waals surface area contributed by atoms with E-state index < -0.39 is 5.97 Å². The van der Waals surface area contributed by atoms with Gasteiger partial charge in [0.25, 0.3) is 0 Å². The molecule has 1 N–H and O–H groups in total. The molecule has 0 aliphatic carbocycles. The number of carboxylic acid groups (broad SMARTS) is 1. The van der Waals surface area contributed by atoms with E-state index in [-0.39, 0.29) is 11.5 Å². The molecule has 0 fully saturated rings. The first kappa shape index (κ1) is 14.4. The predicted molar refractivity (Wildman–Crippen MR) is 67.2 cm³/mol. The van der Waals surface area contributed by atoms with E-state index in [1.54, 1.807) is 18.9 Å². The van der Waals surface area contributed by atoms with Crippen LogP contribution in [0.25, 0.3) is 0 Å². The Balaban J connectivity index is 2.71. The minimum Gasteiger partial charge on any atom is -0.478 e. The average molecular weight is 253 g/mol. The Kier molecular flexibility index (Phi) is 5.09. The number of rotatable bonds is 4. The molecule has 100 valence electrons. The summed E-state index contributed by atoms with van der Waals surface area (Å²) in [4.78, 5) is 24.5. The summed E-state index contributed by atoms with van der Waals surface area (Å²) >= 11 is 0. The van der Waals surface area contributed by atoms with E-state index in [0.717, 1.165) is 6.42 Å². The number of carbonyl (C=O) groups is 2. The second-order valence-electron chi connectivity index (χ2n) is 4.35. The van der Waals surface area contributed by atoms with Gasteiger partial charge in [-0.05, 0) is 25.8 Å². The van der Waals surface area contributed by atoms with E-state index >= 15 is 0 Å². The van der Waals surface area contributed by atoms with Crippen molar-refractivity contribution in [2.24, 2.45) is 0 Å². The lowest BCUT2D eigenvalue weighted by molar-refractivity contribution is -0.133. The van der Waals surface area contributed by atoms with Crippen LogP contribution in [0.3, 0.4) is 0 Å². The molecule has 0 aromatic rings. The fourth-order valence-electron chi connectivity index (χ4n) is 1.77. The standard InChI is InChI=1S/C13H19NO4/c1-9(10(2)13(16)17)12(15)14-6-4-11(5-7-14)8-18-3/h4H,5-8H2,1-3H3,(H,16,17). The summed E-state index contributed by atoms with van der Waals surface area (Å²) in [5.74, 6) is -1.25. The second-order valence-corrected chi connectivity index (χ2v) is 4.35. The van der Waals surface area contributed by atoms with Crippen molar-refractivity contribution in [3.63, 3.8) is 0 Å². The van der Waals surface area contributed by atoms with Gasteiger partial charge in [0.2, 0.25) is 5.91 Å². The molecule has 5 heteroatoms. The van der Waals surface area contributed by atoms with Crippen molar-refractivity contribution in [3.8, 4) is 0 Å². The van der Waals surface area contributed by atoms with Crippen molar-refractivity contribution in [2.75, 3.05) is 26.8 Å². The fourth-order valence-corrected chi connectivity index (χ4v) is 1.77. The molecule has 1 aliphatic rings. The maximum atomic E-state index is 12.1. The van der Waals surface area contributed by atoms with E-state index in [1.807, 2.05) is 6.08 Å². The Hall–Kier alpha value is -1.62. The van der Waals surface area contributed by atoms with Crippen LogP contribution in [-0.4, -0.2) is 48.7 Å². The quantitative estimate of drug-likeness (QED) is 0.604. The molecule has 0 spiro atoms. The number of nitrogens with zero attached hydrogens (tertiary/aromatic N) is 1. The molecule has 1 heterocycles. The van der Waals surface area contributed by atoms with Gasteiger partial charge in [-0.2, -0.15) is 0 Å². The van der Waals surface area contributed by atoms with Crippen LogP contribution < -0.4 is 0 Å². The lowest BCUT2D eigenvalue weighted by Gasteiger charge is -2.27. The Morgan fingerprint density at radius 1 is 1.39 bits per heavy atom. The Morgan fingerprint density at radius 2 is 2.06 bits per heavy atom. The van der Waals surface area contributed by atoms with Crippen molar-refractivity contribution in [3.05, 3.63) is 22.8 Å². The van der Waals surface area contributed by atoms with Gasteiger partial charge in [0.1, 0.15) is 0 Å². The maximum absolute atomic E-state index is 12.1. The SMILES string of the molecule is COCC1=CCN(C(=O)C(C)=C(C)C(=O)O)CC1. The predicted octanol–water partition coefficient (Wildman–Crippen LogP) is 1.21. The summed E-state index contributed by atoms with van der Waals surface area (Å²) in [6.45, 7) is 4.72. The van der Waals surface area contributed by atoms with E-state index in [2.05, 4.69) is 0 Å². The van der Waals surface area contributed by atoms with E-state index in [4.69, 9.17) is 9.84 Å². The number of hydrogen-bond donors (Lipinski definition) is 1. The molecule has 18 heavy (non-hydrogen) atoms. The minimum absolute atomic E-state index is 0.103. The fraction of sp³-hybridized carbons (Fsp3) is 0.538. The lowest BCUT2D eigenvalue weighted by Crippen LogP contribution is -2.36. The van der Waals surface area contributed by atoms with Gasteiger partial charge in [-0.3, -0.25) is 4.79 Å². The number of carbonyl (C=O) groups excluding carboxylic acids is 1. The monoisotopic (exact) mass is 253 g/mol. The highest BCUT2D eigenvalue weighted by molar-refractivity contribution is 6.01. The van der Waals surface area contributed by atoms with Crippen LogP contribution in [0.1, 0.15) is 20.3 Å². The van der Waals surface area contributed by atoms with Gasteiger partial charge < -0.3 is 14.7 Å². The summed E-state index contributed by atoms with van der Waals surface area (Å²) < 4.78 is 5.04. The highest BCUT2D eigenvalue weighted by Gasteiger charge is 2.21. The van der Waals surface area contributed by atoms with Gasteiger partial charge in [-0.15, -0.1) is 0 Å². The molecule has 1 rings (SSSR count). The zero-order chi connectivity index (χ0) is 13.7. The highest BCUT2D eigenvalue weighted by Crippen LogP contribution is 2.15. The van der Waals surface area contributed by atoms with Gasteiger partial charge >= 0.3 is 5.97 Å². The first-order chi connectivity index (χ1) is 8.47. The summed E-state index contributed by atoms with van der Waals surface area (Å²) in [6, 6.07) is 0. The van der Waals surface area contributed by atoms with Crippen LogP contribution in [0, 0.1) is 0 Å². The van der Waals surface area contributed by atoms with Crippen LogP contribution in [0.2, 0.25) is 0 Å². The van der Waals surface area contributed by atoms with Crippen molar-refractivity contribution < 1.29 is 19.4 Å². The molecule has 0 atom stereocenters. The molecule has 0 radical (unpaired) electrons. The van der Waals surface area contributed by atoms with Crippen molar-refractivity contribution in [1.29, 1.82) is 0 Å². The van der Waals surface area contributed by atoms with Crippen LogP contribution in [-0.2, 0) is 14.3 Å². The molecule has 5 nitrogen and oxygen atoms in total. The van der Waals surface area contributed by atoms with Crippen LogP contribution in [0.4, 0.5) is 0 Å². The van der Waals surface area contributed by atoms with Crippen LogP contribution in [0.15, 0.2) is 22.8 Å². The Labute approximate surface area is 107 Å². The molecule has 0 unspecified atom stereocenters. The summed E-state index contributed by atoms with van der Waals surface area (Å²) in [6.07, 6.45) is 2.74. The Bertz CT molecular complexity index is 409. The van der Waals surface area contributed by atoms with Gasteiger partial charge in [-0.1, -0.05) is 6.08 Å². The molecular formula is C13H19NO4.